The molecule has 112 valence electrons. The number of carbonyl (C=O) groups excluding carboxylic acids is 1. The molecule has 0 aliphatic rings. The van der Waals surface area contributed by atoms with E-state index in [4.69, 9.17) is 16.1 Å². The molecule has 2 aromatic heterocycles. The second kappa shape index (κ2) is 5.77. The van der Waals surface area contributed by atoms with E-state index >= 15 is 0 Å². The highest BCUT2D eigenvalue weighted by Gasteiger charge is 2.14. The Kier molecular flexibility index (Phi) is 3.81. The van der Waals surface area contributed by atoms with Gasteiger partial charge >= 0.3 is 0 Å². The van der Waals surface area contributed by atoms with E-state index in [1.165, 1.54) is 6.20 Å². The van der Waals surface area contributed by atoms with Crippen molar-refractivity contribution in [2.75, 3.05) is 5.32 Å². The average Bonchev–Trinajstić information content (AvgIpc) is 2.82. The number of hydrogen-bond donors (Lipinski definition) is 1. The van der Waals surface area contributed by atoms with Gasteiger partial charge in [0.1, 0.15) is 11.5 Å². The maximum atomic E-state index is 12.1. The Morgan fingerprint density at radius 3 is 2.91 bits per heavy atom. The number of pyridine rings is 1. The lowest BCUT2D eigenvalue weighted by Crippen LogP contribution is -2.15. The van der Waals surface area contributed by atoms with Crippen LogP contribution >= 0.6 is 11.6 Å². The molecule has 2 heterocycles. The van der Waals surface area contributed by atoms with Crippen LogP contribution in [0.25, 0.3) is 11.0 Å². The van der Waals surface area contributed by atoms with Crippen LogP contribution in [0.3, 0.4) is 0 Å². The molecule has 0 spiro atoms. The van der Waals surface area contributed by atoms with Gasteiger partial charge in [0.25, 0.3) is 0 Å². The van der Waals surface area contributed by atoms with E-state index in [0.717, 1.165) is 16.5 Å². The summed E-state index contributed by atoms with van der Waals surface area (Å²) in [7, 11) is 0. The van der Waals surface area contributed by atoms with Gasteiger partial charge < -0.3 is 9.84 Å². The number of aromatic nitrogens is 2. The number of hydrogen-bond acceptors (Lipinski definition) is 4. The number of fused-ring (bicyclic) bond motifs is 1. The lowest BCUT2D eigenvalue weighted by molar-refractivity contribution is -0.115. The second-order valence-electron chi connectivity index (χ2n) is 5.17. The molecule has 0 atom stereocenters. The first-order valence-corrected chi connectivity index (χ1v) is 7.17. The minimum absolute atomic E-state index is 0.115. The molecule has 6 heteroatoms. The summed E-state index contributed by atoms with van der Waals surface area (Å²) in [5, 5.41) is 8.10. The molecule has 1 amide bonds. The van der Waals surface area contributed by atoms with Gasteiger partial charge in [-0.2, -0.15) is 0 Å². The third-order valence-electron chi connectivity index (χ3n) is 3.29. The number of rotatable bonds is 3. The quantitative estimate of drug-likeness (QED) is 0.800. The van der Waals surface area contributed by atoms with Crippen LogP contribution in [-0.2, 0) is 11.2 Å². The topological polar surface area (TPSA) is 68.0 Å². The Bertz CT molecular complexity index is 858. The largest absolute Gasteiger partial charge is 0.356 e. The monoisotopic (exact) mass is 315 g/mol. The number of halogens is 1. The van der Waals surface area contributed by atoms with Crippen LogP contribution in [0.4, 0.5) is 5.82 Å². The highest BCUT2D eigenvalue weighted by Crippen LogP contribution is 2.24. The van der Waals surface area contributed by atoms with Crippen LogP contribution in [0.15, 0.2) is 35.0 Å². The molecular weight excluding hydrogens is 302 g/mol. The van der Waals surface area contributed by atoms with Crippen molar-refractivity contribution in [3.63, 3.8) is 0 Å². The van der Waals surface area contributed by atoms with E-state index in [0.29, 0.717) is 22.1 Å². The van der Waals surface area contributed by atoms with E-state index in [-0.39, 0.29) is 12.3 Å². The number of amides is 1. The second-order valence-corrected chi connectivity index (χ2v) is 5.61. The molecule has 0 saturated heterocycles. The van der Waals surface area contributed by atoms with E-state index < -0.39 is 0 Å². The number of benzene rings is 1. The van der Waals surface area contributed by atoms with Crippen molar-refractivity contribution in [1.82, 2.24) is 10.1 Å². The maximum Gasteiger partial charge on any atom is 0.231 e. The van der Waals surface area contributed by atoms with Crippen molar-refractivity contribution in [3.8, 4) is 0 Å². The molecule has 0 aliphatic heterocycles. The van der Waals surface area contributed by atoms with Crippen LogP contribution in [0.2, 0.25) is 5.02 Å². The molecule has 0 saturated carbocycles. The third-order valence-corrected chi connectivity index (χ3v) is 3.53. The van der Waals surface area contributed by atoms with Gasteiger partial charge in [-0.15, -0.1) is 0 Å². The zero-order chi connectivity index (χ0) is 15.7. The highest BCUT2D eigenvalue weighted by atomic mass is 35.5. The summed E-state index contributed by atoms with van der Waals surface area (Å²) < 4.78 is 5.34. The van der Waals surface area contributed by atoms with Crippen LogP contribution < -0.4 is 5.32 Å². The molecule has 0 radical (unpaired) electrons. The van der Waals surface area contributed by atoms with E-state index in [2.05, 4.69) is 15.5 Å². The van der Waals surface area contributed by atoms with Crippen molar-refractivity contribution in [3.05, 3.63) is 52.3 Å². The van der Waals surface area contributed by atoms with Crippen molar-refractivity contribution in [1.29, 1.82) is 0 Å². The lowest BCUT2D eigenvalue weighted by Gasteiger charge is -2.03. The number of nitrogens with zero attached hydrogens (tertiary/aromatic N) is 2. The molecular formula is C16H14ClN3O2. The van der Waals surface area contributed by atoms with Gasteiger partial charge in [-0.25, -0.2) is 4.98 Å². The van der Waals surface area contributed by atoms with Gasteiger partial charge in [0.05, 0.1) is 6.42 Å². The first-order chi connectivity index (χ1) is 10.5. The number of carbonyl (C=O) groups is 1. The van der Waals surface area contributed by atoms with E-state index in [1.807, 2.05) is 26.0 Å². The number of anilines is 1. The van der Waals surface area contributed by atoms with Crippen LogP contribution in [0, 0.1) is 13.8 Å². The van der Waals surface area contributed by atoms with Crippen LogP contribution in [0.1, 0.15) is 16.8 Å². The van der Waals surface area contributed by atoms with Gasteiger partial charge in [-0.1, -0.05) is 22.8 Å². The molecule has 0 aliphatic carbocycles. The smallest absolute Gasteiger partial charge is 0.231 e. The normalized spacial score (nSPS) is 10.9. The Hall–Kier alpha value is -2.40. The zero-order valence-electron chi connectivity index (χ0n) is 12.2. The molecule has 3 aromatic rings. The van der Waals surface area contributed by atoms with Gasteiger partial charge in [-0.05, 0) is 43.2 Å². The predicted octanol–water partition coefficient (Wildman–Crippen LogP) is 3.67. The Labute approximate surface area is 132 Å². The van der Waals surface area contributed by atoms with Crippen LogP contribution in [-0.4, -0.2) is 16.0 Å². The highest BCUT2D eigenvalue weighted by molar-refractivity contribution is 6.30. The maximum absolute atomic E-state index is 12.1. The van der Waals surface area contributed by atoms with Crippen molar-refractivity contribution >= 4 is 34.3 Å². The summed E-state index contributed by atoms with van der Waals surface area (Å²) in [6.45, 7) is 3.96. The Morgan fingerprint density at radius 2 is 2.14 bits per heavy atom. The fourth-order valence-electron chi connectivity index (χ4n) is 2.38. The molecule has 1 aromatic carbocycles. The molecule has 0 fully saturated rings. The fourth-order valence-corrected chi connectivity index (χ4v) is 2.54. The molecule has 0 unspecified atom stereocenters. The summed E-state index contributed by atoms with van der Waals surface area (Å²) >= 11 is 5.87. The summed E-state index contributed by atoms with van der Waals surface area (Å²) in [6.07, 6.45) is 1.65. The van der Waals surface area contributed by atoms with Crippen molar-refractivity contribution in [2.45, 2.75) is 20.3 Å². The summed E-state index contributed by atoms with van der Waals surface area (Å²) in [6, 6.07) is 7.23. The minimum atomic E-state index is -0.218. The lowest BCUT2D eigenvalue weighted by atomic mass is 10.1. The third kappa shape index (κ3) is 2.94. The molecule has 0 bridgehead atoms. The van der Waals surface area contributed by atoms with Crippen molar-refractivity contribution in [2.24, 2.45) is 0 Å². The van der Waals surface area contributed by atoms with Crippen molar-refractivity contribution < 1.29 is 9.32 Å². The predicted molar refractivity (Wildman–Crippen MR) is 85.1 cm³/mol. The standard InChI is InChI=1S/C16H14ClN3O2/c1-9-5-10(2)16-12(6-9)13(20-22-16)8-15(21)19-14-7-11(17)3-4-18-14/h3-7H,8H2,1-2H3,(H,18,19,21). The fraction of sp³-hybridized carbons (Fsp3) is 0.188. The van der Waals surface area contributed by atoms with Gasteiger partial charge in [-0.3, -0.25) is 4.79 Å². The minimum Gasteiger partial charge on any atom is -0.356 e. The van der Waals surface area contributed by atoms with Gasteiger partial charge in [0, 0.05) is 16.6 Å². The summed E-state index contributed by atoms with van der Waals surface area (Å²) in [5.41, 5.74) is 3.44. The number of aryl methyl sites for hydroxylation is 2. The zero-order valence-corrected chi connectivity index (χ0v) is 12.9. The molecule has 1 N–H and O–H groups in total. The Morgan fingerprint density at radius 1 is 1.32 bits per heavy atom. The SMILES string of the molecule is Cc1cc(C)c2onc(CC(=O)Nc3cc(Cl)ccn3)c2c1. The molecule has 5 nitrogen and oxygen atoms in total. The van der Waals surface area contributed by atoms with Gasteiger partial charge in [0.15, 0.2) is 5.58 Å². The van der Waals surface area contributed by atoms with E-state index in [1.54, 1.807) is 12.1 Å². The number of nitrogens with one attached hydrogen (secondary N) is 1. The molecule has 3 rings (SSSR count). The Balaban J connectivity index is 1.82. The first kappa shape index (κ1) is 14.5. The first-order valence-electron chi connectivity index (χ1n) is 6.80. The summed E-state index contributed by atoms with van der Waals surface area (Å²) in [4.78, 5) is 16.2. The van der Waals surface area contributed by atoms with E-state index in [9.17, 15) is 4.79 Å². The summed E-state index contributed by atoms with van der Waals surface area (Å²) in [5.74, 6) is 0.196. The van der Waals surface area contributed by atoms with Gasteiger partial charge in [0.2, 0.25) is 5.91 Å². The van der Waals surface area contributed by atoms with Crippen LogP contribution in [0.5, 0.6) is 0 Å². The molecule has 22 heavy (non-hydrogen) atoms. The average molecular weight is 316 g/mol.